The van der Waals surface area contributed by atoms with Gasteiger partial charge in [0.2, 0.25) is 0 Å². The van der Waals surface area contributed by atoms with Crippen molar-refractivity contribution >= 4 is 5.69 Å². The fraction of sp³-hybridized carbons (Fsp3) is 0.522. The van der Waals surface area contributed by atoms with Crippen LogP contribution >= 0.6 is 0 Å². The number of nitrogens with zero attached hydrogens (tertiary/aromatic N) is 2. The second kappa shape index (κ2) is 7.69. The minimum absolute atomic E-state index is 0.387. The molecule has 2 aromatic rings. The smallest absolute Gasteiger partial charge is 0.119 e. The number of anilines is 1. The first kappa shape index (κ1) is 17.4. The van der Waals surface area contributed by atoms with Crippen molar-refractivity contribution in [3.8, 4) is 5.75 Å². The van der Waals surface area contributed by atoms with E-state index in [0.29, 0.717) is 5.41 Å². The molecule has 1 aromatic carbocycles. The zero-order chi connectivity index (χ0) is 17.8. The standard InChI is InChI=1S/C23H30N2O/c1-23(10-15-25(16-11-23)21-8-13-24-14-9-21)12-17-26-22-7-6-19-4-2-3-5-20(19)18-22/h6-9,13-14,18H,2-5,10-12,15-17H2,1H3. The Hall–Kier alpha value is -2.03. The van der Waals surface area contributed by atoms with Gasteiger partial charge in [-0.2, -0.15) is 0 Å². The van der Waals surface area contributed by atoms with E-state index in [9.17, 15) is 0 Å². The summed E-state index contributed by atoms with van der Waals surface area (Å²) in [6.45, 7) is 5.50. The zero-order valence-corrected chi connectivity index (χ0v) is 15.9. The van der Waals surface area contributed by atoms with Gasteiger partial charge in [0.05, 0.1) is 6.61 Å². The molecule has 1 aliphatic heterocycles. The second-order valence-electron chi connectivity index (χ2n) is 8.24. The lowest BCUT2D eigenvalue weighted by atomic mass is 9.78. The van der Waals surface area contributed by atoms with Gasteiger partial charge in [0, 0.05) is 31.2 Å². The largest absolute Gasteiger partial charge is 0.494 e. The normalized spacial score (nSPS) is 19.0. The Morgan fingerprint density at radius 3 is 2.50 bits per heavy atom. The van der Waals surface area contributed by atoms with E-state index >= 15 is 0 Å². The molecule has 0 atom stereocenters. The highest BCUT2D eigenvalue weighted by atomic mass is 16.5. The monoisotopic (exact) mass is 350 g/mol. The molecule has 0 amide bonds. The van der Waals surface area contributed by atoms with Crippen molar-refractivity contribution in [3.05, 3.63) is 53.9 Å². The molecule has 0 saturated carbocycles. The molecule has 2 heterocycles. The Morgan fingerprint density at radius 2 is 1.73 bits per heavy atom. The van der Waals surface area contributed by atoms with Crippen molar-refractivity contribution in [1.82, 2.24) is 4.98 Å². The minimum atomic E-state index is 0.387. The first-order chi connectivity index (χ1) is 12.7. The molecule has 1 aliphatic carbocycles. The number of aromatic nitrogens is 1. The molecule has 0 bridgehead atoms. The van der Waals surface area contributed by atoms with Crippen LogP contribution < -0.4 is 9.64 Å². The summed E-state index contributed by atoms with van der Waals surface area (Å²) >= 11 is 0. The highest BCUT2D eigenvalue weighted by Gasteiger charge is 2.30. The molecule has 1 saturated heterocycles. The van der Waals surface area contributed by atoms with Crippen LogP contribution in [0.25, 0.3) is 0 Å². The van der Waals surface area contributed by atoms with Crippen LogP contribution in [0.15, 0.2) is 42.7 Å². The fourth-order valence-electron chi connectivity index (χ4n) is 4.32. The highest BCUT2D eigenvalue weighted by Crippen LogP contribution is 2.36. The Kier molecular flexibility index (Phi) is 5.14. The van der Waals surface area contributed by atoms with Crippen molar-refractivity contribution < 1.29 is 4.74 Å². The number of hydrogen-bond acceptors (Lipinski definition) is 3. The van der Waals surface area contributed by atoms with Crippen molar-refractivity contribution in [1.29, 1.82) is 0 Å². The van der Waals surface area contributed by atoms with Crippen LogP contribution in [0.2, 0.25) is 0 Å². The lowest BCUT2D eigenvalue weighted by Crippen LogP contribution is -2.39. The summed E-state index contributed by atoms with van der Waals surface area (Å²) in [4.78, 5) is 6.60. The summed E-state index contributed by atoms with van der Waals surface area (Å²) in [7, 11) is 0. The molecular weight excluding hydrogens is 320 g/mol. The number of pyridine rings is 1. The molecule has 138 valence electrons. The van der Waals surface area contributed by atoms with Crippen LogP contribution in [-0.4, -0.2) is 24.7 Å². The number of benzene rings is 1. The van der Waals surface area contributed by atoms with Crippen LogP contribution in [-0.2, 0) is 12.8 Å². The maximum atomic E-state index is 6.13. The predicted octanol–water partition coefficient (Wildman–Crippen LogP) is 5.04. The minimum Gasteiger partial charge on any atom is -0.494 e. The number of piperidine rings is 1. The summed E-state index contributed by atoms with van der Waals surface area (Å²) in [5.74, 6) is 1.06. The summed E-state index contributed by atoms with van der Waals surface area (Å²) in [5, 5.41) is 0. The van der Waals surface area contributed by atoms with Gasteiger partial charge in [-0.1, -0.05) is 13.0 Å². The van der Waals surface area contributed by atoms with Gasteiger partial charge < -0.3 is 9.64 Å². The molecule has 0 radical (unpaired) electrons. The molecule has 0 unspecified atom stereocenters. The van der Waals surface area contributed by atoms with Crippen LogP contribution in [0.5, 0.6) is 5.75 Å². The Labute approximate surface area is 157 Å². The van der Waals surface area contributed by atoms with Gasteiger partial charge in [-0.25, -0.2) is 0 Å². The molecule has 3 heteroatoms. The molecule has 26 heavy (non-hydrogen) atoms. The van der Waals surface area contributed by atoms with Crippen LogP contribution in [0.1, 0.15) is 50.2 Å². The zero-order valence-electron chi connectivity index (χ0n) is 15.9. The first-order valence-corrected chi connectivity index (χ1v) is 10.1. The average molecular weight is 351 g/mol. The SMILES string of the molecule is CC1(CCOc2ccc3c(c2)CCCC3)CCN(c2ccncc2)CC1. The van der Waals surface area contributed by atoms with E-state index in [-0.39, 0.29) is 0 Å². The first-order valence-electron chi connectivity index (χ1n) is 10.1. The average Bonchev–Trinajstić information content (AvgIpc) is 2.69. The number of fused-ring (bicyclic) bond motifs is 1. The van der Waals surface area contributed by atoms with Crippen molar-refractivity contribution in [2.75, 3.05) is 24.6 Å². The topological polar surface area (TPSA) is 25.4 Å². The molecule has 3 nitrogen and oxygen atoms in total. The maximum Gasteiger partial charge on any atom is 0.119 e. The molecule has 4 rings (SSSR count). The summed E-state index contributed by atoms with van der Waals surface area (Å²) < 4.78 is 6.13. The Balaban J connectivity index is 1.27. The third kappa shape index (κ3) is 4.03. The van der Waals surface area contributed by atoms with Crippen molar-refractivity contribution in [2.24, 2.45) is 5.41 Å². The number of rotatable bonds is 5. The number of hydrogen-bond donors (Lipinski definition) is 0. The molecule has 0 spiro atoms. The Morgan fingerprint density at radius 1 is 1.00 bits per heavy atom. The molecule has 1 aromatic heterocycles. The van der Waals surface area contributed by atoms with Gasteiger partial charge in [0.25, 0.3) is 0 Å². The third-order valence-corrected chi connectivity index (χ3v) is 6.29. The van der Waals surface area contributed by atoms with E-state index in [1.807, 2.05) is 12.4 Å². The quantitative estimate of drug-likeness (QED) is 0.756. The second-order valence-corrected chi connectivity index (χ2v) is 8.24. The van der Waals surface area contributed by atoms with Crippen LogP contribution in [0, 0.1) is 5.41 Å². The molecule has 2 aliphatic rings. The Bertz CT molecular complexity index is 720. The van der Waals surface area contributed by atoms with Gasteiger partial charge in [0.1, 0.15) is 5.75 Å². The molecule has 1 fully saturated rings. The predicted molar refractivity (Wildman–Crippen MR) is 107 cm³/mol. The van der Waals surface area contributed by atoms with E-state index < -0.39 is 0 Å². The summed E-state index contributed by atoms with van der Waals surface area (Å²) in [6, 6.07) is 10.9. The summed E-state index contributed by atoms with van der Waals surface area (Å²) in [5.41, 5.74) is 4.72. The van der Waals surface area contributed by atoms with Crippen LogP contribution in [0.3, 0.4) is 0 Å². The number of ether oxygens (including phenoxy) is 1. The van der Waals surface area contributed by atoms with E-state index in [1.165, 1.54) is 55.3 Å². The van der Waals surface area contributed by atoms with Gasteiger partial charge in [0.15, 0.2) is 0 Å². The van der Waals surface area contributed by atoms with Crippen molar-refractivity contribution in [2.45, 2.75) is 51.9 Å². The van der Waals surface area contributed by atoms with Gasteiger partial charge in [-0.05, 0) is 85.8 Å². The lowest BCUT2D eigenvalue weighted by molar-refractivity contribution is 0.175. The van der Waals surface area contributed by atoms with Gasteiger partial charge in [-0.3, -0.25) is 4.98 Å². The maximum absolute atomic E-state index is 6.13. The molecular formula is C23H30N2O. The van der Waals surface area contributed by atoms with E-state index in [2.05, 4.69) is 47.1 Å². The fourth-order valence-corrected chi connectivity index (χ4v) is 4.32. The molecule has 0 N–H and O–H groups in total. The summed E-state index contributed by atoms with van der Waals surface area (Å²) in [6.07, 6.45) is 12.5. The van der Waals surface area contributed by atoms with E-state index in [4.69, 9.17) is 4.74 Å². The van der Waals surface area contributed by atoms with Crippen LogP contribution in [0.4, 0.5) is 5.69 Å². The van der Waals surface area contributed by atoms with E-state index in [0.717, 1.165) is 31.9 Å². The lowest BCUT2D eigenvalue weighted by Gasteiger charge is -2.40. The highest BCUT2D eigenvalue weighted by molar-refractivity contribution is 5.45. The number of aryl methyl sites for hydroxylation is 2. The van der Waals surface area contributed by atoms with E-state index in [1.54, 1.807) is 0 Å². The third-order valence-electron chi connectivity index (χ3n) is 6.29. The van der Waals surface area contributed by atoms with Crippen molar-refractivity contribution in [3.63, 3.8) is 0 Å². The van der Waals surface area contributed by atoms with Gasteiger partial charge in [-0.15, -0.1) is 0 Å². The van der Waals surface area contributed by atoms with Gasteiger partial charge >= 0.3 is 0 Å².